The number of halogens is 1. The van der Waals surface area contributed by atoms with Crippen molar-refractivity contribution in [3.63, 3.8) is 0 Å². The van der Waals surface area contributed by atoms with E-state index in [2.05, 4.69) is 10.6 Å². The molecule has 0 aliphatic rings. The van der Waals surface area contributed by atoms with Crippen LogP contribution in [0.25, 0.3) is 0 Å². The van der Waals surface area contributed by atoms with Gasteiger partial charge in [0.15, 0.2) is 0 Å². The molecule has 0 aliphatic carbocycles. The van der Waals surface area contributed by atoms with Crippen molar-refractivity contribution in [2.75, 3.05) is 6.54 Å². The Morgan fingerprint density at radius 3 is 2.39 bits per heavy atom. The summed E-state index contributed by atoms with van der Waals surface area (Å²) in [6, 6.07) is 14.6. The van der Waals surface area contributed by atoms with Crippen LogP contribution < -0.4 is 10.6 Å². The molecular formula is C17H17FN2O2S. The number of carbonyl (C=O) groups is 2. The van der Waals surface area contributed by atoms with E-state index in [4.69, 9.17) is 0 Å². The molecule has 4 nitrogen and oxygen atoms in total. The van der Waals surface area contributed by atoms with Gasteiger partial charge in [-0.25, -0.2) is 9.18 Å². The molecule has 0 spiro atoms. The number of thioether (sulfide) groups is 1. The third kappa shape index (κ3) is 4.82. The highest BCUT2D eigenvalue weighted by Crippen LogP contribution is 2.36. The van der Waals surface area contributed by atoms with Crippen molar-refractivity contribution in [2.24, 2.45) is 0 Å². The first-order chi connectivity index (χ1) is 11.1. The van der Waals surface area contributed by atoms with Gasteiger partial charge in [0.1, 0.15) is 11.1 Å². The Balaban J connectivity index is 2.24. The van der Waals surface area contributed by atoms with E-state index in [-0.39, 0.29) is 0 Å². The van der Waals surface area contributed by atoms with Gasteiger partial charge in [-0.15, -0.1) is 11.8 Å². The van der Waals surface area contributed by atoms with Crippen LogP contribution in [-0.4, -0.2) is 18.5 Å². The number of carbonyl (C=O) groups excluding carboxylic acids is 2. The van der Waals surface area contributed by atoms with Gasteiger partial charge in [-0.3, -0.25) is 10.1 Å². The Labute approximate surface area is 138 Å². The maximum Gasteiger partial charge on any atom is 0.321 e. The summed E-state index contributed by atoms with van der Waals surface area (Å²) in [5.74, 6) is -0.889. The number of amides is 3. The predicted octanol–water partition coefficient (Wildman–Crippen LogP) is 3.50. The molecule has 0 fully saturated rings. The lowest BCUT2D eigenvalue weighted by Gasteiger charge is -2.17. The lowest BCUT2D eigenvalue weighted by Crippen LogP contribution is -2.41. The summed E-state index contributed by atoms with van der Waals surface area (Å²) >= 11 is 1.07. The van der Waals surface area contributed by atoms with Gasteiger partial charge >= 0.3 is 6.03 Å². The Kier molecular flexibility index (Phi) is 6.17. The summed E-state index contributed by atoms with van der Waals surface area (Å²) < 4.78 is 13.9. The fraction of sp³-hybridized carbons (Fsp3) is 0.176. The first-order valence-corrected chi connectivity index (χ1v) is 8.04. The first kappa shape index (κ1) is 17.0. The fourth-order valence-electron chi connectivity index (χ4n) is 1.95. The number of urea groups is 1. The second kappa shape index (κ2) is 8.33. The van der Waals surface area contributed by atoms with E-state index < -0.39 is 23.0 Å². The highest BCUT2D eigenvalue weighted by Gasteiger charge is 2.24. The number of hydrogen-bond acceptors (Lipinski definition) is 3. The van der Waals surface area contributed by atoms with E-state index in [1.165, 1.54) is 6.07 Å². The van der Waals surface area contributed by atoms with Crippen LogP contribution in [0, 0.1) is 5.82 Å². The highest BCUT2D eigenvalue weighted by molar-refractivity contribution is 8.00. The molecule has 0 unspecified atom stereocenters. The number of hydrogen-bond donors (Lipinski definition) is 2. The van der Waals surface area contributed by atoms with Crippen LogP contribution in [0.5, 0.6) is 0 Å². The van der Waals surface area contributed by atoms with Gasteiger partial charge in [0, 0.05) is 11.4 Å². The minimum Gasteiger partial charge on any atom is -0.338 e. The average Bonchev–Trinajstić information content (AvgIpc) is 2.55. The zero-order valence-electron chi connectivity index (χ0n) is 12.6. The van der Waals surface area contributed by atoms with Crippen LogP contribution in [0.15, 0.2) is 59.5 Å². The molecule has 2 aromatic rings. The zero-order valence-corrected chi connectivity index (χ0v) is 13.4. The number of rotatable bonds is 5. The number of imide groups is 1. The topological polar surface area (TPSA) is 58.2 Å². The van der Waals surface area contributed by atoms with Crippen LogP contribution in [0.3, 0.4) is 0 Å². The van der Waals surface area contributed by atoms with Crippen molar-refractivity contribution in [1.82, 2.24) is 10.6 Å². The standard InChI is InChI=1S/C17H17FN2O2S/c1-2-19-17(22)20-16(21)15(12-8-4-3-5-9-12)23-14-11-7-6-10-13(14)18/h3-11,15H,2H2,1H3,(H2,19,20,21,22)/t15-/m1/s1. The summed E-state index contributed by atoms with van der Waals surface area (Å²) in [5.41, 5.74) is 0.697. The maximum absolute atomic E-state index is 13.9. The molecule has 120 valence electrons. The van der Waals surface area contributed by atoms with E-state index in [9.17, 15) is 14.0 Å². The summed E-state index contributed by atoms with van der Waals surface area (Å²) in [6.07, 6.45) is 0. The summed E-state index contributed by atoms with van der Waals surface area (Å²) in [6.45, 7) is 2.17. The quantitative estimate of drug-likeness (QED) is 0.824. The third-order valence-corrected chi connectivity index (χ3v) is 4.30. The predicted molar refractivity (Wildman–Crippen MR) is 88.7 cm³/mol. The summed E-state index contributed by atoms with van der Waals surface area (Å²) in [7, 11) is 0. The molecule has 0 saturated carbocycles. The van der Waals surface area contributed by atoms with Gasteiger partial charge in [0.2, 0.25) is 5.91 Å². The Morgan fingerprint density at radius 1 is 1.09 bits per heavy atom. The van der Waals surface area contributed by atoms with Crippen LogP contribution >= 0.6 is 11.8 Å². The summed E-state index contributed by atoms with van der Waals surface area (Å²) in [4.78, 5) is 24.4. The molecule has 1 atom stereocenters. The first-order valence-electron chi connectivity index (χ1n) is 7.16. The molecule has 0 radical (unpaired) electrons. The van der Waals surface area contributed by atoms with Crippen molar-refractivity contribution in [3.8, 4) is 0 Å². The molecular weight excluding hydrogens is 315 g/mol. The third-order valence-electron chi connectivity index (χ3n) is 3.00. The maximum atomic E-state index is 13.9. The number of nitrogens with one attached hydrogen (secondary N) is 2. The molecule has 2 N–H and O–H groups in total. The SMILES string of the molecule is CCNC(=O)NC(=O)[C@H](Sc1ccccc1F)c1ccccc1. The smallest absolute Gasteiger partial charge is 0.321 e. The van der Waals surface area contributed by atoms with E-state index in [0.717, 1.165) is 11.8 Å². The molecule has 0 heterocycles. The van der Waals surface area contributed by atoms with Crippen LogP contribution in [-0.2, 0) is 4.79 Å². The molecule has 2 aromatic carbocycles. The van der Waals surface area contributed by atoms with E-state index >= 15 is 0 Å². The molecule has 0 aromatic heterocycles. The average molecular weight is 332 g/mol. The summed E-state index contributed by atoms with van der Waals surface area (Å²) in [5, 5.41) is 4.06. The number of benzene rings is 2. The monoisotopic (exact) mass is 332 g/mol. The van der Waals surface area contributed by atoms with Gasteiger partial charge in [-0.1, -0.05) is 42.5 Å². The van der Waals surface area contributed by atoms with E-state index in [1.807, 2.05) is 6.07 Å². The van der Waals surface area contributed by atoms with Crippen molar-refractivity contribution < 1.29 is 14.0 Å². The zero-order chi connectivity index (χ0) is 16.7. The lowest BCUT2D eigenvalue weighted by molar-refractivity contribution is -0.119. The van der Waals surface area contributed by atoms with E-state index in [0.29, 0.717) is 17.0 Å². The largest absolute Gasteiger partial charge is 0.338 e. The highest BCUT2D eigenvalue weighted by atomic mass is 32.2. The van der Waals surface area contributed by atoms with Crippen LogP contribution in [0.1, 0.15) is 17.7 Å². The minimum atomic E-state index is -0.726. The molecule has 23 heavy (non-hydrogen) atoms. The Bertz CT molecular complexity index is 679. The van der Waals surface area contributed by atoms with Gasteiger partial charge < -0.3 is 5.32 Å². The molecule has 3 amide bonds. The molecule has 0 saturated heterocycles. The second-order valence-corrected chi connectivity index (χ2v) is 5.83. The lowest BCUT2D eigenvalue weighted by atomic mass is 10.1. The molecule has 0 bridgehead atoms. The Hall–Kier alpha value is -2.34. The van der Waals surface area contributed by atoms with Gasteiger partial charge in [0.05, 0.1) is 0 Å². The molecule has 0 aliphatic heterocycles. The normalized spacial score (nSPS) is 11.6. The molecule has 6 heteroatoms. The van der Waals surface area contributed by atoms with Gasteiger partial charge in [-0.2, -0.15) is 0 Å². The van der Waals surface area contributed by atoms with E-state index in [1.54, 1.807) is 49.4 Å². The Morgan fingerprint density at radius 2 is 1.74 bits per heavy atom. The van der Waals surface area contributed by atoms with Crippen molar-refractivity contribution >= 4 is 23.7 Å². The molecule has 2 rings (SSSR count). The van der Waals surface area contributed by atoms with Gasteiger partial charge in [0.25, 0.3) is 0 Å². The fourth-order valence-corrected chi connectivity index (χ4v) is 3.00. The second-order valence-electron chi connectivity index (χ2n) is 4.69. The van der Waals surface area contributed by atoms with Crippen LogP contribution in [0.4, 0.5) is 9.18 Å². The minimum absolute atomic E-state index is 0.354. The van der Waals surface area contributed by atoms with Crippen molar-refractivity contribution in [3.05, 3.63) is 66.0 Å². The van der Waals surface area contributed by atoms with Crippen molar-refractivity contribution in [1.29, 1.82) is 0 Å². The van der Waals surface area contributed by atoms with Crippen LogP contribution in [0.2, 0.25) is 0 Å². The van der Waals surface area contributed by atoms with Crippen molar-refractivity contribution in [2.45, 2.75) is 17.1 Å². The van der Waals surface area contributed by atoms with Gasteiger partial charge in [-0.05, 0) is 24.6 Å².